The Labute approximate surface area is 252 Å². The average molecular weight is 621 g/mol. The number of ether oxygens (including phenoxy) is 1. The van der Waals surface area contributed by atoms with Crippen LogP contribution in [0.25, 0.3) is 0 Å². The third-order valence-electron chi connectivity index (χ3n) is 6.42. The minimum Gasteiger partial charge on any atom is -0.495 e. The molecule has 3 aromatic carbocycles. The lowest BCUT2D eigenvalue weighted by molar-refractivity contribution is -0.140. The van der Waals surface area contributed by atoms with Gasteiger partial charge in [0.2, 0.25) is 11.8 Å². The second-order valence-electron chi connectivity index (χ2n) is 9.78. The summed E-state index contributed by atoms with van der Waals surface area (Å²) in [5, 5.41) is 3.54. The summed E-state index contributed by atoms with van der Waals surface area (Å²) >= 11 is 12.9. The van der Waals surface area contributed by atoms with Crippen LogP contribution in [0.5, 0.6) is 5.75 Å². The van der Waals surface area contributed by atoms with Crippen LogP contribution in [0, 0.1) is 5.92 Å². The molecular weight excluding hydrogens is 585 g/mol. The number of nitrogens with one attached hydrogen (secondary N) is 1. The summed E-state index contributed by atoms with van der Waals surface area (Å²) in [7, 11) is -2.80. The first-order valence-corrected chi connectivity index (χ1v) is 15.4. The molecule has 41 heavy (non-hydrogen) atoms. The monoisotopic (exact) mass is 619 g/mol. The minimum atomic E-state index is -4.23. The maximum absolute atomic E-state index is 14.2. The van der Waals surface area contributed by atoms with Crippen LogP contribution in [0.1, 0.15) is 32.8 Å². The number of carbonyl (C=O) groups is 2. The van der Waals surface area contributed by atoms with Crippen LogP contribution >= 0.6 is 23.2 Å². The van der Waals surface area contributed by atoms with Crippen molar-refractivity contribution in [1.82, 2.24) is 10.2 Å². The van der Waals surface area contributed by atoms with Crippen LogP contribution in [0.15, 0.2) is 77.7 Å². The Bertz CT molecular complexity index is 1430. The van der Waals surface area contributed by atoms with Gasteiger partial charge < -0.3 is 15.0 Å². The normalized spacial score (nSPS) is 12.1. The topological polar surface area (TPSA) is 96.0 Å². The summed E-state index contributed by atoms with van der Waals surface area (Å²) in [6.07, 6.45) is 0.276. The van der Waals surface area contributed by atoms with Crippen molar-refractivity contribution in [1.29, 1.82) is 0 Å². The second kappa shape index (κ2) is 14.6. The van der Waals surface area contributed by atoms with E-state index >= 15 is 0 Å². The summed E-state index contributed by atoms with van der Waals surface area (Å²) < 4.78 is 34.4. The second-order valence-corrected chi connectivity index (χ2v) is 12.5. The zero-order valence-electron chi connectivity index (χ0n) is 23.5. The number of anilines is 1. The maximum atomic E-state index is 14.2. The molecule has 8 nitrogen and oxygen atoms in total. The Morgan fingerprint density at radius 3 is 2.12 bits per heavy atom. The van der Waals surface area contributed by atoms with Crippen LogP contribution in [-0.2, 0) is 26.2 Å². The van der Waals surface area contributed by atoms with E-state index in [0.29, 0.717) is 22.2 Å². The van der Waals surface area contributed by atoms with E-state index in [9.17, 15) is 18.0 Å². The van der Waals surface area contributed by atoms with Crippen molar-refractivity contribution in [2.75, 3.05) is 24.5 Å². The standard InChI is InChI=1S/C30H35Cl2N3O5S/c1-5-26(30(37)33-18-21(2)3)34(19-23-24(31)14-11-15-25(23)32)29(36)20-35(27-16-9-10-17-28(27)40-4)41(38,39)22-12-7-6-8-13-22/h6-17,21,26H,5,18-20H2,1-4H3,(H,33,37). The quantitative estimate of drug-likeness (QED) is 0.262. The molecule has 3 rings (SSSR count). The van der Waals surface area contributed by atoms with E-state index in [1.165, 1.54) is 24.1 Å². The van der Waals surface area contributed by atoms with Gasteiger partial charge in [-0.2, -0.15) is 0 Å². The Hall–Kier alpha value is -3.27. The van der Waals surface area contributed by atoms with Crippen LogP contribution in [0.2, 0.25) is 10.0 Å². The Balaban J connectivity index is 2.11. The maximum Gasteiger partial charge on any atom is 0.264 e. The van der Waals surface area contributed by atoms with Crippen LogP contribution < -0.4 is 14.4 Å². The summed E-state index contributed by atoms with van der Waals surface area (Å²) in [6, 6.07) is 18.4. The minimum absolute atomic E-state index is 0.00104. The molecule has 220 valence electrons. The van der Waals surface area contributed by atoms with E-state index in [0.717, 1.165) is 4.31 Å². The summed E-state index contributed by atoms with van der Waals surface area (Å²) in [5.41, 5.74) is 0.634. The van der Waals surface area contributed by atoms with E-state index < -0.39 is 28.5 Å². The molecule has 0 fully saturated rings. The van der Waals surface area contributed by atoms with Gasteiger partial charge in [0.05, 0.1) is 17.7 Å². The highest BCUT2D eigenvalue weighted by atomic mass is 35.5. The first kappa shape index (κ1) is 32.2. The third-order valence-corrected chi connectivity index (χ3v) is 8.91. The number of hydrogen-bond acceptors (Lipinski definition) is 5. The van der Waals surface area contributed by atoms with Gasteiger partial charge in [0, 0.05) is 28.7 Å². The van der Waals surface area contributed by atoms with Gasteiger partial charge in [-0.15, -0.1) is 0 Å². The molecule has 0 bridgehead atoms. The number of halogens is 2. The number of methoxy groups -OCH3 is 1. The molecule has 1 unspecified atom stereocenters. The molecule has 0 aromatic heterocycles. The molecule has 0 radical (unpaired) electrons. The van der Waals surface area contributed by atoms with Crippen molar-refractivity contribution in [2.45, 2.75) is 44.7 Å². The van der Waals surface area contributed by atoms with Gasteiger partial charge in [-0.1, -0.05) is 80.4 Å². The summed E-state index contributed by atoms with van der Waals surface area (Å²) in [5.74, 6) is -0.511. The number of rotatable bonds is 13. The van der Waals surface area contributed by atoms with Crippen LogP contribution in [0.3, 0.4) is 0 Å². The molecule has 0 saturated heterocycles. The first-order chi connectivity index (χ1) is 19.5. The molecular formula is C30H35Cl2N3O5S. The van der Waals surface area contributed by atoms with Crippen molar-refractivity contribution in [3.63, 3.8) is 0 Å². The first-order valence-electron chi connectivity index (χ1n) is 13.2. The fourth-order valence-corrected chi connectivity index (χ4v) is 6.23. The molecule has 2 amide bonds. The zero-order valence-corrected chi connectivity index (χ0v) is 25.8. The highest BCUT2D eigenvalue weighted by Gasteiger charge is 2.35. The fourth-order valence-electron chi connectivity index (χ4n) is 4.26. The number of hydrogen-bond donors (Lipinski definition) is 1. The van der Waals surface area contributed by atoms with Crippen molar-refractivity contribution >= 4 is 50.7 Å². The third kappa shape index (κ3) is 7.93. The van der Waals surface area contributed by atoms with Gasteiger partial charge in [-0.25, -0.2) is 8.42 Å². The molecule has 0 aliphatic carbocycles. The number of nitrogens with zero attached hydrogens (tertiary/aromatic N) is 2. The highest BCUT2D eigenvalue weighted by Crippen LogP contribution is 2.33. The van der Waals surface area contributed by atoms with Gasteiger partial charge >= 0.3 is 0 Å². The van der Waals surface area contributed by atoms with E-state index in [1.807, 2.05) is 13.8 Å². The lowest BCUT2D eigenvalue weighted by atomic mass is 10.1. The number of para-hydroxylation sites is 2. The average Bonchev–Trinajstić information content (AvgIpc) is 2.96. The lowest BCUT2D eigenvalue weighted by Crippen LogP contribution is -2.52. The molecule has 1 N–H and O–H groups in total. The SMILES string of the molecule is CCC(C(=O)NCC(C)C)N(Cc1c(Cl)cccc1Cl)C(=O)CN(c1ccccc1OC)S(=O)(=O)c1ccccc1. The van der Waals surface area contributed by atoms with Gasteiger partial charge in [0.15, 0.2) is 0 Å². The summed E-state index contributed by atoms with van der Waals surface area (Å²) in [4.78, 5) is 28.9. The summed E-state index contributed by atoms with van der Waals surface area (Å²) in [6.45, 7) is 5.43. The van der Waals surface area contributed by atoms with Crippen molar-refractivity contribution in [2.24, 2.45) is 5.92 Å². The van der Waals surface area contributed by atoms with Crippen LogP contribution in [0.4, 0.5) is 5.69 Å². The van der Waals surface area contributed by atoms with E-state index in [4.69, 9.17) is 27.9 Å². The predicted octanol–water partition coefficient (Wildman–Crippen LogP) is 5.78. The molecule has 3 aromatic rings. The Kier molecular flexibility index (Phi) is 11.5. The highest BCUT2D eigenvalue weighted by molar-refractivity contribution is 7.92. The molecule has 0 heterocycles. The van der Waals surface area contributed by atoms with Gasteiger partial charge in [-0.05, 0) is 48.7 Å². The van der Waals surface area contributed by atoms with Crippen molar-refractivity contribution < 1.29 is 22.7 Å². The molecule has 11 heteroatoms. The van der Waals surface area contributed by atoms with E-state index in [-0.39, 0.29) is 41.1 Å². The number of carbonyl (C=O) groups excluding carboxylic acids is 2. The van der Waals surface area contributed by atoms with E-state index in [1.54, 1.807) is 67.6 Å². The molecule has 1 atom stereocenters. The zero-order chi connectivity index (χ0) is 30.2. The Morgan fingerprint density at radius 1 is 0.927 bits per heavy atom. The van der Waals surface area contributed by atoms with Gasteiger partial charge in [0.1, 0.15) is 18.3 Å². The van der Waals surface area contributed by atoms with Crippen molar-refractivity contribution in [3.05, 3.63) is 88.4 Å². The largest absolute Gasteiger partial charge is 0.495 e. The molecule has 0 spiro atoms. The number of amides is 2. The molecule has 0 saturated carbocycles. The van der Waals surface area contributed by atoms with E-state index in [2.05, 4.69) is 5.32 Å². The lowest BCUT2D eigenvalue weighted by Gasteiger charge is -2.34. The van der Waals surface area contributed by atoms with Gasteiger partial charge in [-0.3, -0.25) is 13.9 Å². The van der Waals surface area contributed by atoms with Crippen LogP contribution in [-0.4, -0.2) is 51.4 Å². The fraction of sp³-hybridized carbons (Fsp3) is 0.333. The Morgan fingerprint density at radius 2 is 1.54 bits per heavy atom. The van der Waals surface area contributed by atoms with Gasteiger partial charge in [0.25, 0.3) is 10.0 Å². The van der Waals surface area contributed by atoms with Crippen molar-refractivity contribution in [3.8, 4) is 5.75 Å². The predicted molar refractivity (Wildman–Crippen MR) is 163 cm³/mol. The smallest absolute Gasteiger partial charge is 0.264 e. The molecule has 0 aliphatic rings. The molecule has 0 aliphatic heterocycles. The number of sulfonamides is 1. The number of benzene rings is 3.